The number of hydrogen-bond acceptors (Lipinski definition) is 5. The summed E-state index contributed by atoms with van der Waals surface area (Å²) in [7, 11) is 0. The van der Waals surface area contributed by atoms with Gasteiger partial charge in [0.25, 0.3) is 5.91 Å². The lowest BCUT2D eigenvalue weighted by molar-refractivity contribution is -0.143. The highest BCUT2D eigenvalue weighted by atomic mass is 32.1. The number of ether oxygens (including phenoxy) is 1. The number of rotatable bonds is 4. The van der Waals surface area contributed by atoms with Crippen molar-refractivity contribution in [1.29, 1.82) is 0 Å². The number of thiophene rings is 1. The Labute approximate surface area is 184 Å². The molecule has 0 aromatic carbocycles. The molecule has 28 heavy (non-hydrogen) atoms. The number of piperidine rings is 1. The third-order valence-electron chi connectivity index (χ3n) is 4.83. The van der Waals surface area contributed by atoms with Gasteiger partial charge in [-0.15, -0.1) is 0 Å². The molecule has 0 saturated carbocycles. The van der Waals surface area contributed by atoms with Gasteiger partial charge in [-0.25, -0.2) is 0 Å². The van der Waals surface area contributed by atoms with Crippen molar-refractivity contribution in [3.63, 3.8) is 0 Å². The van der Waals surface area contributed by atoms with Gasteiger partial charge in [-0.2, -0.15) is 38.3 Å². The molecule has 0 spiro atoms. The maximum Gasteiger partial charge on any atom is 0.252 e. The SMILES string of the molecule is CC(C)(C)C[C@H](NC(=O)c1ccsc1)C(=O)N1CCC[C@H]2OCC(=O)[C@H]21.S.S. The molecule has 1 aromatic rings. The Hall–Kier alpha value is -1.03. The zero-order valence-corrected chi connectivity index (χ0v) is 19.3. The molecule has 3 heterocycles. The lowest BCUT2D eigenvalue weighted by Crippen LogP contribution is -2.58. The number of Topliss-reactive ketones (excluding diaryl/α,β-unsaturated/α-hetero) is 1. The number of nitrogens with one attached hydrogen (secondary N) is 1. The van der Waals surface area contributed by atoms with Crippen molar-refractivity contribution >= 4 is 55.9 Å². The van der Waals surface area contributed by atoms with Gasteiger partial charge in [-0.3, -0.25) is 14.4 Å². The summed E-state index contributed by atoms with van der Waals surface area (Å²) in [4.78, 5) is 39.7. The summed E-state index contributed by atoms with van der Waals surface area (Å²) < 4.78 is 5.54. The second kappa shape index (κ2) is 10.1. The summed E-state index contributed by atoms with van der Waals surface area (Å²) in [6.45, 7) is 6.71. The van der Waals surface area contributed by atoms with E-state index in [1.54, 1.807) is 16.3 Å². The van der Waals surface area contributed by atoms with Crippen molar-refractivity contribution in [1.82, 2.24) is 10.2 Å². The van der Waals surface area contributed by atoms with Crippen LogP contribution < -0.4 is 5.32 Å². The average Bonchev–Trinajstić information content (AvgIpc) is 3.22. The quantitative estimate of drug-likeness (QED) is 0.771. The van der Waals surface area contributed by atoms with Crippen LogP contribution in [0.3, 0.4) is 0 Å². The molecule has 3 rings (SSSR count). The van der Waals surface area contributed by atoms with Gasteiger partial charge in [0.05, 0.1) is 11.7 Å². The molecule has 158 valence electrons. The van der Waals surface area contributed by atoms with E-state index in [2.05, 4.69) is 5.32 Å². The largest absolute Gasteiger partial charge is 0.368 e. The van der Waals surface area contributed by atoms with Gasteiger partial charge in [-0.05, 0) is 36.1 Å². The van der Waals surface area contributed by atoms with Crippen LogP contribution in [-0.4, -0.2) is 53.8 Å². The number of ketones is 1. The maximum absolute atomic E-state index is 13.3. The molecular formula is C19H30N2O4S3. The van der Waals surface area contributed by atoms with Gasteiger partial charge in [0.2, 0.25) is 5.91 Å². The number of hydrogen-bond donors (Lipinski definition) is 1. The van der Waals surface area contributed by atoms with Crippen molar-refractivity contribution in [2.45, 2.75) is 58.2 Å². The van der Waals surface area contributed by atoms with Crippen LogP contribution in [0.4, 0.5) is 0 Å². The van der Waals surface area contributed by atoms with Crippen molar-refractivity contribution in [2.24, 2.45) is 5.41 Å². The van der Waals surface area contributed by atoms with Crippen LogP contribution >= 0.6 is 38.3 Å². The van der Waals surface area contributed by atoms with Crippen LogP contribution in [0.15, 0.2) is 16.8 Å². The summed E-state index contributed by atoms with van der Waals surface area (Å²) in [5.74, 6) is -0.477. The van der Waals surface area contributed by atoms with Crippen LogP contribution in [0.2, 0.25) is 0 Å². The molecule has 2 aliphatic heterocycles. The Morgan fingerprint density at radius 1 is 1.36 bits per heavy atom. The minimum Gasteiger partial charge on any atom is -0.368 e. The first-order chi connectivity index (χ1) is 12.3. The van der Waals surface area contributed by atoms with Crippen LogP contribution in [0.25, 0.3) is 0 Å². The number of carbonyl (C=O) groups excluding carboxylic acids is 3. The fraction of sp³-hybridized carbons (Fsp3) is 0.632. The van der Waals surface area contributed by atoms with Crippen LogP contribution in [0, 0.1) is 5.41 Å². The molecule has 2 saturated heterocycles. The molecule has 6 nitrogen and oxygen atoms in total. The number of amides is 2. The van der Waals surface area contributed by atoms with E-state index in [4.69, 9.17) is 4.74 Å². The Morgan fingerprint density at radius 3 is 2.68 bits per heavy atom. The molecule has 0 aliphatic carbocycles. The highest BCUT2D eigenvalue weighted by Crippen LogP contribution is 2.29. The zero-order valence-electron chi connectivity index (χ0n) is 16.5. The topological polar surface area (TPSA) is 75.7 Å². The highest BCUT2D eigenvalue weighted by Gasteiger charge is 2.46. The first-order valence-corrected chi connectivity index (χ1v) is 9.98. The van der Waals surface area contributed by atoms with Gasteiger partial charge in [0, 0.05) is 11.9 Å². The van der Waals surface area contributed by atoms with Gasteiger partial charge in [-0.1, -0.05) is 20.8 Å². The molecule has 0 radical (unpaired) electrons. The minimum atomic E-state index is -0.658. The van der Waals surface area contributed by atoms with E-state index in [1.807, 2.05) is 26.2 Å². The molecular weight excluding hydrogens is 416 g/mol. The monoisotopic (exact) mass is 446 g/mol. The normalized spacial score (nSPS) is 22.5. The molecule has 2 fully saturated rings. The molecule has 2 aliphatic rings. The third-order valence-corrected chi connectivity index (χ3v) is 5.51. The Morgan fingerprint density at radius 2 is 2.07 bits per heavy atom. The summed E-state index contributed by atoms with van der Waals surface area (Å²) in [5.41, 5.74) is 0.409. The standard InChI is InChI=1S/C19H26N2O4S.2H2S/c1-19(2,3)9-13(20-17(23)12-6-8-26-11-12)18(24)21-7-4-5-15-16(21)14(22)10-25-15;;/h6,8,11,13,15-16H,4-5,7,9-10H2,1-3H3,(H,20,23);2*1H2/t13-,15+,16+;;/m0../s1. The Balaban J connectivity index is 0.00000196. The first kappa shape index (κ1) is 25.0. The first-order valence-electron chi connectivity index (χ1n) is 9.04. The molecule has 2 amide bonds. The van der Waals surface area contributed by atoms with Crippen LogP contribution in [0.1, 0.15) is 50.4 Å². The second-order valence-electron chi connectivity index (χ2n) is 8.24. The molecule has 3 atom stereocenters. The highest BCUT2D eigenvalue weighted by molar-refractivity contribution is 7.59. The number of likely N-dealkylation sites (tertiary alicyclic amines) is 1. The lowest BCUT2D eigenvalue weighted by Gasteiger charge is -2.38. The van der Waals surface area contributed by atoms with E-state index in [0.29, 0.717) is 18.5 Å². The zero-order chi connectivity index (χ0) is 18.9. The van der Waals surface area contributed by atoms with Crippen LogP contribution in [-0.2, 0) is 14.3 Å². The van der Waals surface area contributed by atoms with E-state index in [1.165, 1.54) is 11.3 Å². The molecule has 1 N–H and O–H groups in total. The lowest BCUT2D eigenvalue weighted by atomic mass is 9.86. The van der Waals surface area contributed by atoms with Crippen LogP contribution in [0.5, 0.6) is 0 Å². The fourth-order valence-electron chi connectivity index (χ4n) is 3.69. The van der Waals surface area contributed by atoms with E-state index in [0.717, 1.165) is 12.8 Å². The summed E-state index contributed by atoms with van der Waals surface area (Å²) in [6, 6.07) is 0.579. The molecule has 0 unspecified atom stereocenters. The summed E-state index contributed by atoms with van der Waals surface area (Å²) >= 11 is 1.44. The van der Waals surface area contributed by atoms with Crippen molar-refractivity contribution in [2.75, 3.05) is 13.2 Å². The minimum absolute atomic E-state index is 0. The predicted molar refractivity (Wildman–Crippen MR) is 120 cm³/mol. The molecule has 9 heteroatoms. The van der Waals surface area contributed by atoms with E-state index in [9.17, 15) is 14.4 Å². The number of carbonyl (C=O) groups is 3. The summed E-state index contributed by atoms with van der Waals surface area (Å²) in [6.07, 6.45) is 1.90. The van der Waals surface area contributed by atoms with Crippen molar-refractivity contribution in [3.8, 4) is 0 Å². The van der Waals surface area contributed by atoms with Gasteiger partial charge >= 0.3 is 0 Å². The smallest absolute Gasteiger partial charge is 0.252 e. The van der Waals surface area contributed by atoms with E-state index in [-0.39, 0.29) is 62.7 Å². The van der Waals surface area contributed by atoms with Crippen molar-refractivity contribution < 1.29 is 19.1 Å². The Bertz CT molecular complexity index is 688. The van der Waals surface area contributed by atoms with Gasteiger partial charge in [0.1, 0.15) is 18.7 Å². The fourth-order valence-corrected chi connectivity index (χ4v) is 4.32. The van der Waals surface area contributed by atoms with Gasteiger partial charge < -0.3 is 15.0 Å². The van der Waals surface area contributed by atoms with E-state index < -0.39 is 12.1 Å². The number of nitrogens with zero attached hydrogens (tertiary/aromatic N) is 1. The predicted octanol–water partition coefficient (Wildman–Crippen LogP) is 2.47. The Kier molecular flexibility index (Phi) is 9.05. The second-order valence-corrected chi connectivity index (χ2v) is 9.02. The van der Waals surface area contributed by atoms with E-state index >= 15 is 0 Å². The number of fused-ring (bicyclic) bond motifs is 1. The third kappa shape index (κ3) is 5.75. The average molecular weight is 447 g/mol. The molecule has 0 bridgehead atoms. The van der Waals surface area contributed by atoms with Gasteiger partial charge in [0.15, 0.2) is 5.78 Å². The maximum atomic E-state index is 13.3. The van der Waals surface area contributed by atoms with Crippen molar-refractivity contribution in [3.05, 3.63) is 22.4 Å². The summed E-state index contributed by atoms with van der Waals surface area (Å²) in [5, 5.41) is 6.49. The molecule has 1 aromatic heterocycles.